The maximum absolute atomic E-state index is 10.6. The fourth-order valence-electron chi connectivity index (χ4n) is 2.67. The zero-order valence-corrected chi connectivity index (χ0v) is 16.4. The second-order valence-corrected chi connectivity index (χ2v) is 7.79. The maximum Gasteiger partial charge on any atom is 0.341 e. The number of carboxylic acids is 1. The number of carbonyl (C=O) groups is 1. The first-order chi connectivity index (χ1) is 12.9. The van der Waals surface area contributed by atoms with Crippen molar-refractivity contribution in [3.8, 4) is 11.5 Å². The van der Waals surface area contributed by atoms with E-state index in [2.05, 4.69) is 0 Å². The second kappa shape index (κ2) is 8.65. The Morgan fingerprint density at radius 2 is 1.81 bits per heavy atom. The molecule has 0 fully saturated rings. The summed E-state index contributed by atoms with van der Waals surface area (Å²) < 4.78 is 5.13. The quantitative estimate of drug-likeness (QED) is 0.534. The molecule has 0 amide bonds. The molecule has 7 heteroatoms. The summed E-state index contributed by atoms with van der Waals surface area (Å²) in [6, 6.07) is 12.6. The van der Waals surface area contributed by atoms with Gasteiger partial charge in [-0.3, -0.25) is 0 Å². The summed E-state index contributed by atoms with van der Waals surface area (Å²) in [6.07, 6.45) is 1.13. The first-order valence-corrected chi connectivity index (χ1v) is 9.71. The Balaban J connectivity index is 1.81. The molecule has 1 heterocycles. The van der Waals surface area contributed by atoms with E-state index in [1.165, 1.54) is 4.88 Å². The van der Waals surface area contributed by atoms with Crippen molar-refractivity contribution >= 4 is 40.5 Å². The number of thiophene rings is 1. The zero-order chi connectivity index (χ0) is 19.4. The maximum atomic E-state index is 10.6. The van der Waals surface area contributed by atoms with Crippen LogP contribution in [0, 0.1) is 0 Å². The minimum absolute atomic E-state index is 0.252. The molecule has 1 aromatic heterocycles. The molecule has 0 bridgehead atoms. The van der Waals surface area contributed by atoms with Gasteiger partial charge in [0, 0.05) is 27.8 Å². The van der Waals surface area contributed by atoms with Gasteiger partial charge in [-0.2, -0.15) is 0 Å². The minimum atomic E-state index is -1.08. The molecule has 3 rings (SSSR count). The SMILES string of the molecule is O=C(O)COc1cc(Cl)c(Cc2ccc(O)c(Cc3cccs3)c2)c(Cl)c1. The van der Waals surface area contributed by atoms with Gasteiger partial charge in [-0.1, -0.05) is 41.4 Å². The average molecular weight is 423 g/mol. The van der Waals surface area contributed by atoms with Crippen molar-refractivity contribution in [3.05, 3.63) is 79.5 Å². The molecule has 0 atom stereocenters. The van der Waals surface area contributed by atoms with Crippen LogP contribution in [0.3, 0.4) is 0 Å². The monoisotopic (exact) mass is 422 g/mol. The van der Waals surface area contributed by atoms with E-state index in [4.69, 9.17) is 33.0 Å². The molecule has 0 radical (unpaired) electrons. The Labute approximate surface area is 170 Å². The zero-order valence-electron chi connectivity index (χ0n) is 14.1. The fraction of sp³-hybridized carbons (Fsp3) is 0.150. The number of carboxylic acid groups (broad SMARTS) is 1. The number of aromatic hydroxyl groups is 1. The predicted molar refractivity (Wildman–Crippen MR) is 108 cm³/mol. The van der Waals surface area contributed by atoms with Crippen LogP contribution in [-0.2, 0) is 17.6 Å². The lowest BCUT2D eigenvalue weighted by Crippen LogP contribution is -2.09. The fourth-order valence-corrected chi connectivity index (χ4v) is 4.00. The van der Waals surface area contributed by atoms with E-state index in [-0.39, 0.29) is 5.75 Å². The third kappa shape index (κ3) is 5.16. The largest absolute Gasteiger partial charge is 0.508 e. The average Bonchev–Trinajstić information content (AvgIpc) is 3.12. The number of aliphatic carboxylic acids is 1. The van der Waals surface area contributed by atoms with Crippen molar-refractivity contribution < 1.29 is 19.7 Å². The lowest BCUT2D eigenvalue weighted by Gasteiger charge is -2.12. The molecular formula is C20H16Cl2O4S. The number of benzene rings is 2. The number of phenols is 1. The number of rotatable bonds is 7. The molecule has 4 nitrogen and oxygen atoms in total. The molecular weight excluding hydrogens is 407 g/mol. The molecule has 2 aromatic carbocycles. The van der Waals surface area contributed by atoms with Crippen LogP contribution in [0.2, 0.25) is 10.0 Å². The highest BCUT2D eigenvalue weighted by Gasteiger charge is 2.13. The first-order valence-electron chi connectivity index (χ1n) is 8.08. The van der Waals surface area contributed by atoms with Gasteiger partial charge in [-0.25, -0.2) is 4.79 Å². The highest BCUT2D eigenvalue weighted by molar-refractivity contribution is 7.09. The van der Waals surface area contributed by atoms with Gasteiger partial charge in [0.25, 0.3) is 0 Å². The molecule has 27 heavy (non-hydrogen) atoms. The van der Waals surface area contributed by atoms with Crippen molar-refractivity contribution in [1.29, 1.82) is 0 Å². The molecule has 2 N–H and O–H groups in total. The van der Waals surface area contributed by atoms with E-state index in [9.17, 15) is 9.90 Å². The summed E-state index contributed by atoms with van der Waals surface area (Å²) in [6.45, 7) is -0.462. The van der Waals surface area contributed by atoms with Crippen molar-refractivity contribution in [2.24, 2.45) is 0 Å². The summed E-state index contributed by atoms with van der Waals surface area (Å²) in [5.41, 5.74) is 2.51. The van der Waals surface area contributed by atoms with Gasteiger partial charge in [0.1, 0.15) is 11.5 Å². The van der Waals surface area contributed by atoms with Crippen molar-refractivity contribution in [1.82, 2.24) is 0 Å². The van der Waals surface area contributed by atoms with Crippen LogP contribution in [0.15, 0.2) is 47.8 Å². The summed E-state index contributed by atoms with van der Waals surface area (Å²) in [4.78, 5) is 11.8. The van der Waals surface area contributed by atoms with Crippen LogP contribution < -0.4 is 4.74 Å². The van der Waals surface area contributed by atoms with Gasteiger partial charge in [-0.15, -0.1) is 11.3 Å². The summed E-state index contributed by atoms with van der Waals surface area (Å²) >= 11 is 14.3. The third-order valence-electron chi connectivity index (χ3n) is 3.95. The molecule has 0 unspecified atom stereocenters. The predicted octanol–water partition coefficient (Wildman–Crippen LogP) is 5.41. The number of ether oxygens (including phenoxy) is 1. The minimum Gasteiger partial charge on any atom is -0.508 e. The van der Waals surface area contributed by atoms with E-state index in [1.807, 2.05) is 29.6 Å². The number of halogens is 2. The first kappa shape index (κ1) is 19.5. The lowest BCUT2D eigenvalue weighted by atomic mass is 10.00. The molecule has 0 saturated carbocycles. The van der Waals surface area contributed by atoms with Gasteiger partial charge in [-0.05, 0) is 46.3 Å². The molecule has 0 aliphatic carbocycles. The van der Waals surface area contributed by atoms with E-state index >= 15 is 0 Å². The van der Waals surface area contributed by atoms with Crippen LogP contribution in [-0.4, -0.2) is 22.8 Å². The highest BCUT2D eigenvalue weighted by Crippen LogP contribution is 2.33. The standard InChI is InChI=1S/C20H16Cl2O4S/c21-17-9-14(26-11-20(24)25)10-18(22)16(17)7-12-3-4-19(23)13(6-12)8-15-2-1-5-27-15/h1-6,9-10,23H,7-8,11H2,(H,24,25). The molecule has 140 valence electrons. The Bertz CT molecular complexity index is 932. The molecule has 0 aliphatic rings. The van der Waals surface area contributed by atoms with Gasteiger partial charge in [0.2, 0.25) is 0 Å². The van der Waals surface area contributed by atoms with E-state index in [1.54, 1.807) is 29.5 Å². The van der Waals surface area contributed by atoms with Crippen LogP contribution in [0.25, 0.3) is 0 Å². The van der Waals surface area contributed by atoms with Crippen molar-refractivity contribution in [3.63, 3.8) is 0 Å². The van der Waals surface area contributed by atoms with E-state index < -0.39 is 12.6 Å². The van der Waals surface area contributed by atoms with Gasteiger partial charge in [0.15, 0.2) is 6.61 Å². The van der Waals surface area contributed by atoms with Gasteiger partial charge in [0.05, 0.1) is 0 Å². The lowest BCUT2D eigenvalue weighted by molar-refractivity contribution is -0.139. The molecule has 0 saturated heterocycles. The molecule has 0 aliphatic heterocycles. The highest BCUT2D eigenvalue weighted by atomic mass is 35.5. The normalized spacial score (nSPS) is 10.7. The molecule has 0 spiro atoms. The van der Waals surface area contributed by atoms with Crippen LogP contribution >= 0.6 is 34.5 Å². The number of hydrogen-bond donors (Lipinski definition) is 2. The summed E-state index contributed by atoms with van der Waals surface area (Å²) in [5.74, 6) is -0.518. The summed E-state index contributed by atoms with van der Waals surface area (Å²) in [7, 11) is 0. The Hall–Kier alpha value is -2.21. The van der Waals surface area contributed by atoms with E-state index in [0.29, 0.717) is 34.2 Å². The smallest absolute Gasteiger partial charge is 0.341 e. The Morgan fingerprint density at radius 3 is 2.44 bits per heavy atom. The van der Waals surface area contributed by atoms with Crippen LogP contribution in [0.4, 0.5) is 0 Å². The number of hydrogen-bond acceptors (Lipinski definition) is 4. The molecule has 3 aromatic rings. The Morgan fingerprint density at radius 1 is 1.07 bits per heavy atom. The Kier molecular flexibility index (Phi) is 6.26. The second-order valence-electron chi connectivity index (χ2n) is 5.94. The van der Waals surface area contributed by atoms with Crippen molar-refractivity contribution in [2.45, 2.75) is 12.8 Å². The van der Waals surface area contributed by atoms with Gasteiger partial charge >= 0.3 is 5.97 Å². The van der Waals surface area contributed by atoms with E-state index in [0.717, 1.165) is 11.1 Å². The number of phenolic OH excluding ortho intramolecular Hbond substituents is 1. The van der Waals surface area contributed by atoms with Crippen molar-refractivity contribution in [2.75, 3.05) is 6.61 Å². The van der Waals surface area contributed by atoms with Gasteiger partial charge < -0.3 is 14.9 Å². The summed E-state index contributed by atoms with van der Waals surface area (Å²) in [5, 5.41) is 21.6. The van der Waals surface area contributed by atoms with Crippen LogP contribution in [0.1, 0.15) is 21.6 Å². The third-order valence-corrected chi connectivity index (χ3v) is 5.50. The topological polar surface area (TPSA) is 66.8 Å². The van der Waals surface area contributed by atoms with Crippen LogP contribution in [0.5, 0.6) is 11.5 Å².